The van der Waals surface area contributed by atoms with Gasteiger partial charge in [-0.25, -0.2) is 9.78 Å². The van der Waals surface area contributed by atoms with Crippen LogP contribution in [0.5, 0.6) is 11.5 Å². The van der Waals surface area contributed by atoms with E-state index >= 15 is 0 Å². The van der Waals surface area contributed by atoms with Crippen LogP contribution < -0.4 is 15.5 Å². The van der Waals surface area contributed by atoms with Crippen LogP contribution in [-0.4, -0.2) is 30.3 Å². The number of methoxy groups -OCH3 is 2. The fourth-order valence-electron chi connectivity index (χ4n) is 3.32. The number of aryl methyl sites for hydroxylation is 3. The molecule has 0 amide bonds. The third-order valence-electron chi connectivity index (χ3n) is 5.26. The molecule has 0 spiro atoms. The second-order valence-electron chi connectivity index (χ2n) is 7.46. The van der Waals surface area contributed by atoms with Crippen LogP contribution in [0, 0.1) is 20.8 Å². The van der Waals surface area contributed by atoms with Gasteiger partial charge in [0, 0.05) is 17.0 Å². The number of aromatic nitrogens is 1. The second kappa shape index (κ2) is 8.95. The highest BCUT2D eigenvalue weighted by atomic mass is 32.1. The van der Waals surface area contributed by atoms with Gasteiger partial charge in [-0.3, -0.25) is 5.43 Å². The molecule has 0 bridgehead atoms. The molecule has 2 heterocycles. The van der Waals surface area contributed by atoms with Gasteiger partial charge in [0.05, 0.1) is 25.3 Å². The second-order valence-corrected chi connectivity index (χ2v) is 8.46. The Balaban J connectivity index is 1.86. The maximum atomic E-state index is 11.9. The van der Waals surface area contributed by atoms with Crippen molar-refractivity contribution in [1.29, 1.82) is 0 Å². The van der Waals surface area contributed by atoms with E-state index in [9.17, 15) is 9.90 Å². The van der Waals surface area contributed by atoms with Crippen LogP contribution in [0.1, 0.15) is 26.5 Å². The molecule has 170 valence electrons. The molecular weight excluding hydrogens is 442 g/mol. The molecule has 4 rings (SSSR count). The van der Waals surface area contributed by atoms with E-state index in [2.05, 4.69) is 15.5 Å². The van der Waals surface area contributed by atoms with Gasteiger partial charge in [-0.05, 0) is 62.2 Å². The molecule has 2 N–H and O–H groups in total. The zero-order valence-corrected chi connectivity index (χ0v) is 19.7. The fraction of sp³-hybridized carbons (Fsp3) is 0.208. The Kier molecular flexibility index (Phi) is 6.06. The molecule has 9 heteroatoms. The van der Waals surface area contributed by atoms with Gasteiger partial charge in [0.1, 0.15) is 16.2 Å². The van der Waals surface area contributed by atoms with Gasteiger partial charge in [0.2, 0.25) is 5.13 Å². The Morgan fingerprint density at radius 2 is 1.88 bits per heavy atom. The number of hydrogen-bond donors (Lipinski definition) is 2. The first-order valence-electron chi connectivity index (χ1n) is 10.1. The lowest BCUT2D eigenvalue weighted by atomic mass is 10.1. The summed E-state index contributed by atoms with van der Waals surface area (Å²) in [6.45, 7) is 5.78. The fourth-order valence-corrected chi connectivity index (χ4v) is 4.15. The van der Waals surface area contributed by atoms with Crippen LogP contribution in [0.25, 0.3) is 22.3 Å². The van der Waals surface area contributed by atoms with E-state index in [-0.39, 0.29) is 5.75 Å². The topological polar surface area (TPSA) is 106 Å². The van der Waals surface area contributed by atoms with Crippen molar-refractivity contribution in [3.63, 3.8) is 0 Å². The highest BCUT2D eigenvalue weighted by Crippen LogP contribution is 2.32. The smallest absolute Gasteiger partial charge is 0.350 e. The Bertz CT molecular complexity index is 1440. The molecule has 2 aromatic carbocycles. The molecular formula is C24H23N3O5S. The quantitative estimate of drug-likeness (QED) is 0.319. The van der Waals surface area contributed by atoms with Crippen molar-refractivity contribution in [3.8, 4) is 22.8 Å². The van der Waals surface area contributed by atoms with Gasteiger partial charge >= 0.3 is 5.97 Å². The number of rotatable bonds is 5. The van der Waals surface area contributed by atoms with Crippen molar-refractivity contribution in [2.75, 3.05) is 19.6 Å². The van der Waals surface area contributed by atoms with Crippen LogP contribution >= 0.6 is 11.3 Å². The van der Waals surface area contributed by atoms with Crippen LogP contribution in [0.15, 0.2) is 45.9 Å². The highest BCUT2D eigenvalue weighted by molar-refractivity contribution is 7.17. The molecule has 0 fully saturated rings. The van der Waals surface area contributed by atoms with E-state index in [1.807, 2.05) is 26.0 Å². The van der Waals surface area contributed by atoms with E-state index in [1.165, 1.54) is 25.6 Å². The van der Waals surface area contributed by atoms with Crippen LogP contribution in [0.4, 0.5) is 5.13 Å². The molecule has 0 unspecified atom stereocenters. The average molecular weight is 466 g/mol. The molecule has 4 aromatic rings. The third kappa shape index (κ3) is 4.40. The highest BCUT2D eigenvalue weighted by Gasteiger charge is 2.16. The Morgan fingerprint density at radius 3 is 2.61 bits per heavy atom. The SMILES string of the molecule is COC(=O)c1sc(N/N=c2\cc(-c3ccc(O)c(OC)c3)oc3cc(C)c(C)cc23)nc1C. The molecule has 2 aromatic heterocycles. The first kappa shape index (κ1) is 22.3. The number of phenolic OH excluding ortho intramolecular Hbond substituents is 1. The molecule has 0 saturated heterocycles. The molecule has 0 aliphatic carbocycles. The number of phenols is 1. The summed E-state index contributed by atoms with van der Waals surface area (Å²) in [5.41, 5.74) is 7.10. The van der Waals surface area contributed by atoms with Gasteiger partial charge < -0.3 is 19.0 Å². The number of carbonyl (C=O) groups is 1. The predicted molar refractivity (Wildman–Crippen MR) is 127 cm³/mol. The number of ether oxygens (including phenoxy) is 2. The summed E-state index contributed by atoms with van der Waals surface area (Å²) < 4.78 is 16.2. The Morgan fingerprint density at radius 1 is 1.12 bits per heavy atom. The average Bonchev–Trinajstić information content (AvgIpc) is 3.18. The first-order valence-corrected chi connectivity index (χ1v) is 10.9. The van der Waals surface area contributed by atoms with Crippen molar-refractivity contribution >= 4 is 33.4 Å². The monoisotopic (exact) mass is 465 g/mol. The van der Waals surface area contributed by atoms with Crippen molar-refractivity contribution in [2.45, 2.75) is 20.8 Å². The molecule has 0 atom stereocenters. The van der Waals surface area contributed by atoms with Crippen molar-refractivity contribution in [3.05, 3.63) is 63.5 Å². The summed E-state index contributed by atoms with van der Waals surface area (Å²) in [6.07, 6.45) is 0. The van der Waals surface area contributed by atoms with Gasteiger partial charge in [0.25, 0.3) is 0 Å². The van der Waals surface area contributed by atoms with Crippen LogP contribution in [-0.2, 0) is 4.74 Å². The van der Waals surface area contributed by atoms with Crippen LogP contribution in [0.2, 0.25) is 0 Å². The summed E-state index contributed by atoms with van der Waals surface area (Å²) in [4.78, 5) is 16.7. The summed E-state index contributed by atoms with van der Waals surface area (Å²) in [5, 5.41) is 16.4. The maximum absolute atomic E-state index is 11.9. The number of aromatic hydroxyl groups is 1. The summed E-state index contributed by atoms with van der Waals surface area (Å²) in [7, 11) is 2.83. The number of benzene rings is 2. The van der Waals surface area contributed by atoms with E-state index in [1.54, 1.807) is 31.2 Å². The zero-order valence-electron chi connectivity index (χ0n) is 18.8. The number of carbonyl (C=O) groups excluding carboxylic acids is 1. The number of fused-ring (bicyclic) bond motifs is 1. The number of nitrogens with one attached hydrogen (secondary N) is 1. The largest absolute Gasteiger partial charge is 0.504 e. The normalized spacial score (nSPS) is 11.6. The van der Waals surface area contributed by atoms with E-state index in [0.717, 1.165) is 22.1 Å². The number of anilines is 1. The number of nitrogens with zero attached hydrogens (tertiary/aromatic N) is 2. The van der Waals surface area contributed by atoms with E-state index in [4.69, 9.17) is 13.9 Å². The summed E-state index contributed by atoms with van der Waals surface area (Å²) >= 11 is 1.17. The summed E-state index contributed by atoms with van der Waals surface area (Å²) in [6, 6.07) is 10.8. The number of hydrogen-bond acceptors (Lipinski definition) is 9. The standard InChI is InChI=1S/C24H23N3O5S/c1-12-8-16-17(26-27-24-25-14(3)22(33-24)23(29)31-5)11-19(32-20(16)9-13(12)2)15-6-7-18(28)21(10-15)30-4/h6-11,28H,1-5H3,(H,25,27)/b26-17+. The minimum Gasteiger partial charge on any atom is -0.504 e. The predicted octanol–water partition coefficient (Wildman–Crippen LogP) is 4.91. The van der Waals surface area contributed by atoms with E-state index in [0.29, 0.717) is 38.2 Å². The van der Waals surface area contributed by atoms with Gasteiger partial charge in [0.15, 0.2) is 11.5 Å². The lowest BCUT2D eigenvalue weighted by Crippen LogP contribution is -2.08. The van der Waals surface area contributed by atoms with Gasteiger partial charge in [-0.15, -0.1) is 0 Å². The lowest BCUT2D eigenvalue weighted by molar-refractivity contribution is 0.0605. The minimum absolute atomic E-state index is 0.0423. The van der Waals surface area contributed by atoms with Crippen LogP contribution in [0.3, 0.4) is 0 Å². The molecule has 33 heavy (non-hydrogen) atoms. The minimum atomic E-state index is -0.434. The first-order chi connectivity index (χ1) is 15.8. The Labute approximate surface area is 194 Å². The molecule has 8 nitrogen and oxygen atoms in total. The van der Waals surface area contributed by atoms with Gasteiger partial charge in [-0.2, -0.15) is 5.10 Å². The molecule has 0 saturated carbocycles. The molecule has 0 radical (unpaired) electrons. The third-order valence-corrected chi connectivity index (χ3v) is 6.31. The Hall–Kier alpha value is -3.85. The van der Waals surface area contributed by atoms with Gasteiger partial charge in [-0.1, -0.05) is 11.3 Å². The van der Waals surface area contributed by atoms with E-state index < -0.39 is 5.97 Å². The molecule has 0 aliphatic heterocycles. The van der Waals surface area contributed by atoms with Crippen molar-refractivity contribution < 1.29 is 23.8 Å². The van der Waals surface area contributed by atoms with Crippen molar-refractivity contribution in [1.82, 2.24) is 4.98 Å². The lowest BCUT2D eigenvalue weighted by Gasteiger charge is -2.09. The molecule has 0 aliphatic rings. The number of esters is 1. The van der Waals surface area contributed by atoms with Crippen molar-refractivity contribution in [2.24, 2.45) is 5.10 Å². The number of thiazole rings is 1. The summed E-state index contributed by atoms with van der Waals surface area (Å²) in [5.74, 6) is 0.501. The zero-order chi connectivity index (χ0) is 23.7. The maximum Gasteiger partial charge on any atom is 0.350 e.